The Morgan fingerprint density at radius 1 is 1.17 bits per heavy atom. The summed E-state index contributed by atoms with van der Waals surface area (Å²) < 4.78 is 67.5. The number of carbonyl (C=O) groups is 2. The van der Waals surface area contributed by atoms with Crippen LogP contribution in [0.1, 0.15) is 35.3 Å². The molecule has 2 aromatic carbocycles. The second-order valence-electron chi connectivity index (χ2n) is 6.21. The SMILES string of the molecule is CCC(C(=O)O)n1/c(=N/C(=O)c2ccc(F)c(F)c2)sc2c(C(F)(F)F)cccc21. The van der Waals surface area contributed by atoms with Gasteiger partial charge in [0.2, 0.25) is 0 Å². The summed E-state index contributed by atoms with van der Waals surface area (Å²) in [6.07, 6.45) is -4.71. The summed E-state index contributed by atoms with van der Waals surface area (Å²) in [6.45, 7) is 1.52. The molecule has 1 atom stereocenters. The zero-order valence-electron chi connectivity index (χ0n) is 15.2. The summed E-state index contributed by atoms with van der Waals surface area (Å²) in [5.41, 5.74) is -1.39. The highest BCUT2D eigenvalue weighted by Gasteiger charge is 2.34. The lowest BCUT2D eigenvalue weighted by atomic mass is 10.1. The van der Waals surface area contributed by atoms with E-state index in [1.54, 1.807) is 0 Å². The molecule has 1 unspecified atom stereocenters. The summed E-state index contributed by atoms with van der Waals surface area (Å²) in [4.78, 5) is 27.6. The molecule has 0 fully saturated rings. The van der Waals surface area contributed by atoms with Gasteiger partial charge in [-0.15, -0.1) is 0 Å². The summed E-state index contributed by atoms with van der Waals surface area (Å²) in [7, 11) is 0. The third-order valence-electron chi connectivity index (χ3n) is 4.31. The average molecular weight is 444 g/mol. The summed E-state index contributed by atoms with van der Waals surface area (Å²) in [6, 6.07) is 4.26. The van der Waals surface area contributed by atoms with Crippen molar-refractivity contribution in [2.24, 2.45) is 4.99 Å². The van der Waals surface area contributed by atoms with Gasteiger partial charge in [-0.05, 0) is 36.8 Å². The van der Waals surface area contributed by atoms with Gasteiger partial charge in [0.05, 0.1) is 15.8 Å². The van der Waals surface area contributed by atoms with Crippen LogP contribution in [0, 0.1) is 11.6 Å². The Balaban J connectivity index is 2.31. The molecule has 0 bridgehead atoms. The molecule has 0 aliphatic heterocycles. The van der Waals surface area contributed by atoms with Crippen LogP contribution in [0.5, 0.6) is 0 Å². The Morgan fingerprint density at radius 3 is 2.43 bits per heavy atom. The number of rotatable bonds is 4. The van der Waals surface area contributed by atoms with E-state index in [0.29, 0.717) is 23.5 Å². The number of halogens is 5. The predicted molar refractivity (Wildman–Crippen MR) is 98.0 cm³/mol. The normalized spacial score (nSPS) is 13.6. The molecule has 158 valence electrons. The number of hydrogen-bond acceptors (Lipinski definition) is 3. The molecule has 1 aromatic heterocycles. The minimum Gasteiger partial charge on any atom is -0.480 e. The van der Waals surface area contributed by atoms with Gasteiger partial charge < -0.3 is 9.67 Å². The highest BCUT2D eigenvalue weighted by molar-refractivity contribution is 7.16. The molecule has 0 saturated carbocycles. The van der Waals surface area contributed by atoms with Crippen molar-refractivity contribution in [3.05, 3.63) is 64.0 Å². The van der Waals surface area contributed by atoms with E-state index in [9.17, 15) is 36.6 Å². The van der Waals surface area contributed by atoms with E-state index in [0.717, 1.165) is 22.8 Å². The van der Waals surface area contributed by atoms with Crippen LogP contribution >= 0.6 is 11.3 Å². The third-order valence-corrected chi connectivity index (χ3v) is 5.41. The molecular formula is C19H13F5N2O3S. The van der Waals surface area contributed by atoms with Gasteiger partial charge in [-0.2, -0.15) is 18.2 Å². The zero-order chi connectivity index (χ0) is 22.2. The third kappa shape index (κ3) is 3.97. The van der Waals surface area contributed by atoms with Crippen molar-refractivity contribution in [1.29, 1.82) is 0 Å². The largest absolute Gasteiger partial charge is 0.480 e. The van der Waals surface area contributed by atoms with Crippen LogP contribution < -0.4 is 4.80 Å². The molecule has 3 rings (SSSR count). The van der Waals surface area contributed by atoms with Gasteiger partial charge >= 0.3 is 12.1 Å². The zero-order valence-corrected chi connectivity index (χ0v) is 16.0. The smallest absolute Gasteiger partial charge is 0.417 e. The highest BCUT2D eigenvalue weighted by Crippen LogP contribution is 2.37. The predicted octanol–water partition coefficient (Wildman–Crippen LogP) is 4.78. The van der Waals surface area contributed by atoms with Crippen LogP contribution in [0.2, 0.25) is 0 Å². The van der Waals surface area contributed by atoms with E-state index >= 15 is 0 Å². The topological polar surface area (TPSA) is 71.7 Å². The van der Waals surface area contributed by atoms with E-state index in [4.69, 9.17) is 0 Å². The van der Waals surface area contributed by atoms with E-state index in [2.05, 4.69) is 4.99 Å². The first-order valence-electron chi connectivity index (χ1n) is 8.52. The molecule has 0 spiro atoms. The van der Waals surface area contributed by atoms with Gasteiger partial charge in [-0.3, -0.25) is 4.79 Å². The Bertz CT molecular complexity index is 1210. The molecule has 1 amide bonds. The second-order valence-corrected chi connectivity index (χ2v) is 7.19. The first kappa shape index (κ1) is 21.6. The number of aromatic nitrogens is 1. The lowest BCUT2D eigenvalue weighted by molar-refractivity contribution is -0.141. The maximum absolute atomic E-state index is 13.4. The number of fused-ring (bicyclic) bond motifs is 1. The molecule has 11 heteroatoms. The molecule has 1 heterocycles. The summed E-state index contributed by atoms with van der Waals surface area (Å²) in [5.74, 6) is -4.86. The number of carboxylic acids is 1. The number of carbonyl (C=O) groups excluding carboxylic acids is 1. The number of amides is 1. The van der Waals surface area contributed by atoms with Crippen LogP contribution in [-0.2, 0) is 11.0 Å². The molecule has 30 heavy (non-hydrogen) atoms. The first-order chi connectivity index (χ1) is 14.0. The van der Waals surface area contributed by atoms with Gasteiger partial charge in [0.1, 0.15) is 6.04 Å². The van der Waals surface area contributed by atoms with Crippen LogP contribution in [0.15, 0.2) is 41.4 Å². The number of carboxylic acid groups (broad SMARTS) is 1. The Morgan fingerprint density at radius 2 is 1.87 bits per heavy atom. The summed E-state index contributed by atoms with van der Waals surface area (Å²) in [5, 5.41) is 9.52. The van der Waals surface area contributed by atoms with Crippen molar-refractivity contribution >= 4 is 33.4 Å². The van der Waals surface area contributed by atoms with Crippen LogP contribution in [-0.4, -0.2) is 21.6 Å². The maximum Gasteiger partial charge on any atom is 0.417 e. The number of benzene rings is 2. The van der Waals surface area contributed by atoms with Gasteiger partial charge in [0.25, 0.3) is 5.91 Å². The molecule has 5 nitrogen and oxygen atoms in total. The molecule has 0 aliphatic rings. The minimum atomic E-state index is -4.71. The van der Waals surface area contributed by atoms with Crippen molar-refractivity contribution in [2.75, 3.05) is 0 Å². The van der Waals surface area contributed by atoms with E-state index in [-0.39, 0.29) is 27.0 Å². The Kier molecular flexibility index (Phi) is 5.75. The molecule has 0 saturated heterocycles. The van der Waals surface area contributed by atoms with Crippen LogP contribution in [0.4, 0.5) is 22.0 Å². The minimum absolute atomic E-state index is 0.00393. The van der Waals surface area contributed by atoms with Crippen LogP contribution in [0.25, 0.3) is 10.2 Å². The maximum atomic E-state index is 13.4. The standard InChI is InChI=1S/C19H13F5N2O3S/c1-2-13(17(28)29)26-14-5-3-4-10(19(22,23)24)15(14)30-18(26)25-16(27)9-6-7-11(20)12(21)8-9/h3-8,13H,2H2,1H3,(H,28,29)/b25-18-. The lowest BCUT2D eigenvalue weighted by Crippen LogP contribution is -2.27. The fourth-order valence-electron chi connectivity index (χ4n) is 2.91. The fourth-order valence-corrected chi connectivity index (χ4v) is 4.11. The molecule has 3 aromatic rings. The fraction of sp³-hybridized carbons (Fsp3) is 0.211. The molecule has 0 aliphatic carbocycles. The Labute approximate surface area is 169 Å². The molecular weight excluding hydrogens is 431 g/mol. The highest BCUT2D eigenvalue weighted by atomic mass is 32.1. The van der Waals surface area contributed by atoms with Crippen molar-refractivity contribution in [1.82, 2.24) is 4.57 Å². The van der Waals surface area contributed by atoms with Gasteiger partial charge in [0.15, 0.2) is 16.4 Å². The molecule has 1 N–H and O–H groups in total. The first-order valence-corrected chi connectivity index (χ1v) is 9.34. The van der Waals surface area contributed by atoms with E-state index in [1.165, 1.54) is 13.0 Å². The van der Waals surface area contributed by atoms with Crippen molar-refractivity contribution in [2.45, 2.75) is 25.6 Å². The lowest BCUT2D eigenvalue weighted by Gasteiger charge is -2.14. The van der Waals surface area contributed by atoms with E-state index < -0.39 is 41.3 Å². The number of nitrogens with zero attached hydrogens (tertiary/aromatic N) is 2. The Hall–Kier alpha value is -3.08. The van der Waals surface area contributed by atoms with Crippen molar-refractivity contribution < 1.29 is 36.6 Å². The van der Waals surface area contributed by atoms with E-state index in [1.807, 2.05) is 0 Å². The van der Waals surface area contributed by atoms with Gasteiger partial charge in [-0.25, -0.2) is 13.6 Å². The van der Waals surface area contributed by atoms with Crippen LogP contribution in [0.3, 0.4) is 0 Å². The van der Waals surface area contributed by atoms with Crippen molar-refractivity contribution in [3.8, 4) is 0 Å². The quantitative estimate of drug-likeness (QED) is 0.589. The summed E-state index contributed by atoms with van der Waals surface area (Å²) >= 11 is 0.493. The average Bonchev–Trinajstić information content (AvgIpc) is 3.01. The number of aliphatic carboxylic acids is 1. The monoisotopic (exact) mass is 444 g/mol. The number of thiazole rings is 1. The number of hydrogen-bond donors (Lipinski definition) is 1. The molecule has 0 radical (unpaired) electrons. The van der Waals surface area contributed by atoms with Crippen molar-refractivity contribution in [3.63, 3.8) is 0 Å². The number of alkyl halides is 3. The second kappa shape index (κ2) is 7.98. The van der Waals surface area contributed by atoms with Gasteiger partial charge in [0, 0.05) is 5.56 Å². The van der Waals surface area contributed by atoms with Gasteiger partial charge in [-0.1, -0.05) is 24.3 Å².